The Morgan fingerprint density at radius 2 is 0.682 bits per heavy atom. The molecule has 2 aliphatic rings. The van der Waals surface area contributed by atoms with Gasteiger partial charge in [-0.05, 0) is 137 Å². The number of nitrogens with zero attached hydrogens (tertiary/aromatic N) is 2. The normalized spacial score (nSPS) is 14.1. The van der Waals surface area contributed by atoms with Crippen molar-refractivity contribution in [2.45, 2.75) is 79.1 Å². The van der Waals surface area contributed by atoms with E-state index >= 15 is 19.2 Å². The number of amides is 4. The molecule has 0 N–H and O–H groups in total. The molecule has 4 amide bonds. The van der Waals surface area contributed by atoms with Gasteiger partial charge >= 0.3 is 0 Å². The van der Waals surface area contributed by atoms with Gasteiger partial charge in [0.1, 0.15) is 0 Å². The van der Waals surface area contributed by atoms with Gasteiger partial charge in [-0.25, -0.2) is 9.80 Å². The summed E-state index contributed by atoms with van der Waals surface area (Å²) in [6, 6.07) is 43.7. The summed E-state index contributed by atoms with van der Waals surface area (Å²) in [5.74, 6) is -0.977. The molecule has 0 atom stereocenters. The second-order valence-corrected chi connectivity index (χ2v) is 19.3. The lowest BCUT2D eigenvalue weighted by atomic mass is 9.77. The van der Waals surface area contributed by atoms with Crippen molar-refractivity contribution >= 4 is 78.1 Å². The lowest BCUT2D eigenvalue weighted by Crippen LogP contribution is -2.41. The average Bonchev–Trinajstić information content (AvgIpc) is 3.31. The van der Waals surface area contributed by atoms with Gasteiger partial charge in [-0.2, -0.15) is 0 Å². The van der Waals surface area contributed by atoms with Crippen LogP contribution in [-0.2, 0) is 0 Å². The number of hydrogen-bond acceptors (Lipinski definition) is 4. The molecule has 2 heterocycles. The Bertz CT molecular complexity index is 3330. The first-order valence-electron chi connectivity index (χ1n) is 23.2. The van der Waals surface area contributed by atoms with E-state index in [2.05, 4.69) is 67.5 Å². The van der Waals surface area contributed by atoms with E-state index < -0.39 is 0 Å². The fourth-order valence-corrected chi connectivity index (χ4v) is 11.4. The van der Waals surface area contributed by atoms with Crippen LogP contribution in [0, 0.1) is 0 Å². The molecule has 66 heavy (non-hydrogen) atoms. The van der Waals surface area contributed by atoms with Crippen LogP contribution in [0.15, 0.2) is 133 Å². The Kier molecular flexibility index (Phi) is 9.42. The molecule has 0 fully saturated rings. The zero-order valence-electron chi connectivity index (χ0n) is 38.5. The third-order valence-corrected chi connectivity index (χ3v) is 14.1. The summed E-state index contributed by atoms with van der Waals surface area (Å²) in [4.78, 5) is 64.0. The van der Waals surface area contributed by atoms with E-state index in [0.717, 1.165) is 76.8 Å². The first kappa shape index (κ1) is 41.3. The van der Waals surface area contributed by atoms with Crippen LogP contribution in [0.5, 0.6) is 0 Å². The Balaban J connectivity index is 1.27. The summed E-state index contributed by atoms with van der Waals surface area (Å²) < 4.78 is 0. The minimum atomic E-state index is -0.367. The molecule has 9 aromatic rings. The highest BCUT2D eigenvalue weighted by Gasteiger charge is 2.41. The van der Waals surface area contributed by atoms with Crippen molar-refractivity contribution in [3.8, 4) is 22.3 Å². The van der Waals surface area contributed by atoms with Crippen LogP contribution in [0.2, 0.25) is 0 Å². The van der Waals surface area contributed by atoms with E-state index in [4.69, 9.17) is 0 Å². The number of benzene rings is 9. The van der Waals surface area contributed by atoms with Gasteiger partial charge < -0.3 is 0 Å². The highest BCUT2D eigenvalue weighted by Crippen LogP contribution is 2.53. The molecular formula is C60H50N2O4. The van der Waals surface area contributed by atoms with Crippen molar-refractivity contribution in [3.05, 3.63) is 178 Å². The smallest absolute Gasteiger partial charge is 0.266 e. The Morgan fingerprint density at radius 1 is 0.318 bits per heavy atom. The molecule has 11 rings (SSSR count). The van der Waals surface area contributed by atoms with Crippen LogP contribution in [-0.4, -0.2) is 23.6 Å². The molecule has 0 spiro atoms. The van der Waals surface area contributed by atoms with E-state index in [1.54, 1.807) is 0 Å². The van der Waals surface area contributed by atoms with Gasteiger partial charge in [-0.15, -0.1) is 0 Å². The van der Waals surface area contributed by atoms with E-state index in [1.807, 2.05) is 121 Å². The van der Waals surface area contributed by atoms with Gasteiger partial charge in [0.25, 0.3) is 23.6 Å². The maximum Gasteiger partial charge on any atom is 0.266 e. The number of imide groups is 2. The maximum absolute atomic E-state index is 15.4. The molecule has 6 heteroatoms. The molecule has 0 saturated heterocycles. The van der Waals surface area contributed by atoms with Gasteiger partial charge in [0.05, 0.1) is 11.4 Å². The molecule has 0 saturated carbocycles. The van der Waals surface area contributed by atoms with Crippen LogP contribution in [0.4, 0.5) is 11.4 Å². The predicted octanol–water partition coefficient (Wildman–Crippen LogP) is 15.2. The summed E-state index contributed by atoms with van der Waals surface area (Å²) in [6.45, 7) is 17.0. The standard InChI is InChI=1S/C60H50N2O4/c1-31(2)37-21-15-23-47(49(37)33(5)6)61-57(63)41-27-25-39-52-44(36-19-13-10-14-20-36)30-46-54-42(58(64)62(60(46)66)48-24-16-22-38(32(3)4)50(48)34(7)8)28-26-40(56(52)54)51-43(35-17-11-9-12-18-35)29-45(59(61)65)53(41)55(39)51/h9-34H,1-8H3. The van der Waals surface area contributed by atoms with E-state index in [1.165, 1.54) is 9.80 Å². The Morgan fingerprint density at radius 3 is 1.03 bits per heavy atom. The topological polar surface area (TPSA) is 74.8 Å². The van der Waals surface area contributed by atoms with Crippen LogP contribution in [0.25, 0.3) is 65.3 Å². The zero-order chi connectivity index (χ0) is 46.0. The minimum Gasteiger partial charge on any atom is -0.268 e. The largest absolute Gasteiger partial charge is 0.268 e. The summed E-state index contributed by atoms with van der Waals surface area (Å²) in [5.41, 5.74) is 10.7. The number of fused-ring (bicyclic) bond motifs is 2. The second-order valence-electron chi connectivity index (χ2n) is 19.3. The summed E-state index contributed by atoms with van der Waals surface area (Å²) in [6.07, 6.45) is 0. The van der Waals surface area contributed by atoms with Crippen LogP contribution >= 0.6 is 0 Å². The van der Waals surface area contributed by atoms with Crippen molar-refractivity contribution in [2.75, 3.05) is 9.80 Å². The number of carbonyl (C=O) groups excluding carboxylic acids is 4. The van der Waals surface area contributed by atoms with Crippen molar-refractivity contribution in [3.63, 3.8) is 0 Å². The monoisotopic (exact) mass is 862 g/mol. The molecule has 0 aromatic heterocycles. The lowest BCUT2D eigenvalue weighted by Gasteiger charge is -2.34. The van der Waals surface area contributed by atoms with E-state index in [-0.39, 0.29) is 47.3 Å². The van der Waals surface area contributed by atoms with Gasteiger partial charge in [-0.3, -0.25) is 19.2 Å². The molecule has 2 aliphatic heterocycles. The molecule has 0 unspecified atom stereocenters. The Hall–Kier alpha value is -7.44. The van der Waals surface area contributed by atoms with Crippen molar-refractivity contribution in [1.82, 2.24) is 0 Å². The summed E-state index contributed by atoms with van der Waals surface area (Å²) >= 11 is 0. The van der Waals surface area contributed by atoms with Crippen LogP contribution in [0.1, 0.15) is 143 Å². The highest BCUT2D eigenvalue weighted by molar-refractivity contribution is 6.47. The van der Waals surface area contributed by atoms with Gasteiger partial charge in [-0.1, -0.05) is 152 Å². The highest BCUT2D eigenvalue weighted by atomic mass is 16.2. The predicted molar refractivity (Wildman–Crippen MR) is 270 cm³/mol. The van der Waals surface area contributed by atoms with Crippen molar-refractivity contribution in [2.24, 2.45) is 0 Å². The number of hydrogen-bond donors (Lipinski definition) is 0. The third kappa shape index (κ3) is 5.73. The fraction of sp³-hybridized carbons (Fsp3) is 0.200. The molecule has 6 nitrogen and oxygen atoms in total. The van der Waals surface area contributed by atoms with Gasteiger partial charge in [0, 0.05) is 33.0 Å². The first-order chi connectivity index (χ1) is 31.8. The first-order valence-corrected chi connectivity index (χ1v) is 23.2. The number of carbonyl (C=O) groups is 4. The number of rotatable bonds is 8. The quantitative estimate of drug-likeness (QED) is 0.0866. The Labute approximate surface area is 384 Å². The average molecular weight is 863 g/mol. The number of anilines is 2. The lowest BCUT2D eigenvalue weighted by molar-refractivity contribution is 0.0877. The molecule has 0 aliphatic carbocycles. The van der Waals surface area contributed by atoms with E-state index in [0.29, 0.717) is 44.4 Å². The van der Waals surface area contributed by atoms with Crippen LogP contribution < -0.4 is 9.80 Å². The molecule has 9 aromatic carbocycles. The van der Waals surface area contributed by atoms with Crippen LogP contribution in [0.3, 0.4) is 0 Å². The third-order valence-electron chi connectivity index (χ3n) is 14.1. The maximum atomic E-state index is 15.4. The minimum absolute atomic E-state index is 0.0548. The van der Waals surface area contributed by atoms with Crippen molar-refractivity contribution < 1.29 is 19.2 Å². The van der Waals surface area contributed by atoms with Crippen molar-refractivity contribution in [1.29, 1.82) is 0 Å². The van der Waals surface area contributed by atoms with Gasteiger partial charge in [0.2, 0.25) is 0 Å². The summed E-state index contributed by atoms with van der Waals surface area (Å²) in [7, 11) is 0. The molecule has 0 radical (unpaired) electrons. The zero-order valence-corrected chi connectivity index (χ0v) is 38.5. The van der Waals surface area contributed by atoms with E-state index in [9.17, 15) is 0 Å². The molecule has 324 valence electrons. The SMILES string of the molecule is CC(C)c1cccc(N2C(=O)c3ccc4c5c(-c6ccccc6)cc6c7c(ccc(c8c(-c9ccccc9)cc(c3c48)C2=O)c75)C(=O)N(c2cccc(C(C)C)c2C(C)C)C6=O)c1C(C)C. The fourth-order valence-electron chi connectivity index (χ4n) is 11.4. The van der Waals surface area contributed by atoms with Gasteiger partial charge in [0.15, 0.2) is 0 Å². The molecular weight excluding hydrogens is 813 g/mol. The second kappa shape index (κ2) is 15.1. The summed E-state index contributed by atoms with van der Waals surface area (Å²) in [5, 5.41) is 6.24. The molecule has 0 bridgehead atoms.